The summed E-state index contributed by atoms with van der Waals surface area (Å²) in [5.74, 6) is -0.973. The van der Waals surface area contributed by atoms with E-state index in [4.69, 9.17) is 14.2 Å². The second-order valence-corrected chi connectivity index (χ2v) is 5.82. The second kappa shape index (κ2) is 4.87. The number of esters is 2. The molecule has 3 atom stereocenters. The number of aromatic hydroxyl groups is 1. The van der Waals surface area contributed by atoms with E-state index in [1.54, 1.807) is 25.1 Å². The van der Waals surface area contributed by atoms with Crippen LogP contribution in [0.15, 0.2) is 41.7 Å². The van der Waals surface area contributed by atoms with Crippen molar-refractivity contribution in [3.63, 3.8) is 0 Å². The van der Waals surface area contributed by atoms with E-state index in [9.17, 15) is 14.7 Å². The minimum atomic E-state index is -0.820. The highest BCUT2D eigenvalue weighted by Crippen LogP contribution is 2.50. The molecule has 1 saturated heterocycles. The van der Waals surface area contributed by atoms with E-state index in [0.717, 1.165) is 5.56 Å². The highest BCUT2D eigenvalue weighted by atomic mass is 16.7. The van der Waals surface area contributed by atoms with Crippen molar-refractivity contribution in [2.75, 3.05) is 0 Å². The van der Waals surface area contributed by atoms with Gasteiger partial charge in [0.15, 0.2) is 0 Å². The molecular weight excluding hydrogens is 300 g/mol. The fourth-order valence-electron chi connectivity index (χ4n) is 3.25. The number of rotatable bonds is 2. The summed E-state index contributed by atoms with van der Waals surface area (Å²) in [6.07, 6.45) is 2.14. The van der Waals surface area contributed by atoms with Crippen molar-refractivity contribution >= 4 is 11.9 Å². The van der Waals surface area contributed by atoms with Crippen LogP contribution in [0.25, 0.3) is 0 Å². The van der Waals surface area contributed by atoms with Crippen LogP contribution in [0.3, 0.4) is 0 Å². The third-order valence-corrected chi connectivity index (χ3v) is 4.39. The number of cyclic esters (lactones) is 1. The molecule has 1 aromatic carbocycles. The normalized spacial score (nSPS) is 29.9. The molecule has 3 aliphatic rings. The number of ether oxygens (including phenoxy) is 3. The number of phenols is 1. The van der Waals surface area contributed by atoms with Crippen LogP contribution in [-0.2, 0) is 30.2 Å². The van der Waals surface area contributed by atoms with Gasteiger partial charge in [0.25, 0.3) is 6.29 Å². The van der Waals surface area contributed by atoms with E-state index in [-0.39, 0.29) is 11.7 Å². The summed E-state index contributed by atoms with van der Waals surface area (Å²) in [6, 6.07) is 5.26. The predicted molar refractivity (Wildman–Crippen MR) is 76.9 cm³/mol. The van der Waals surface area contributed by atoms with Crippen molar-refractivity contribution < 1.29 is 28.9 Å². The Bertz CT molecular complexity index is 775. The summed E-state index contributed by atoms with van der Waals surface area (Å²) in [7, 11) is 0. The Hall–Kier alpha value is -2.76. The average Bonchev–Trinajstić information content (AvgIpc) is 3.10. The number of carbonyl (C=O) groups is 2. The van der Waals surface area contributed by atoms with E-state index in [2.05, 4.69) is 0 Å². The van der Waals surface area contributed by atoms with Crippen LogP contribution in [0.1, 0.15) is 24.2 Å². The zero-order valence-electron chi connectivity index (χ0n) is 12.3. The average molecular weight is 314 g/mol. The summed E-state index contributed by atoms with van der Waals surface area (Å²) in [4.78, 5) is 23.4. The van der Waals surface area contributed by atoms with Crippen molar-refractivity contribution in [1.29, 1.82) is 0 Å². The Morgan fingerprint density at radius 2 is 2.09 bits per heavy atom. The molecule has 0 spiro atoms. The lowest BCUT2D eigenvalue weighted by atomic mass is 9.98. The molecule has 1 aromatic rings. The molecule has 4 rings (SSSR count). The largest absolute Gasteiger partial charge is 0.508 e. The quantitative estimate of drug-likeness (QED) is 0.510. The number of benzene rings is 1. The monoisotopic (exact) mass is 314 g/mol. The third kappa shape index (κ3) is 2.10. The molecule has 6 nitrogen and oxygen atoms in total. The maximum atomic E-state index is 12.1. The topological polar surface area (TPSA) is 82.1 Å². The van der Waals surface area contributed by atoms with Crippen molar-refractivity contribution in [2.45, 2.75) is 25.7 Å². The number of phenolic OH excluding ortho intramolecular Hbond substituents is 1. The van der Waals surface area contributed by atoms with E-state index < -0.39 is 24.3 Å². The lowest BCUT2D eigenvalue weighted by molar-refractivity contribution is -0.152. The highest BCUT2D eigenvalue weighted by Gasteiger charge is 2.47. The second-order valence-electron chi connectivity index (χ2n) is 5.82. The molecule has 1 N–H and O–H groups in total. The minimum absolute atomic E-state index is 0.133. The first-order chi connectivity index (χ1) is 11.0. The summed E-state index contributed by atoms with van der Waals surface area (Å²) >= 11 is 0. The molecule has 0 saturated carbocycles. The molecular formula is C17H14O6. The maximum Gasteiger partial charge on any atom is 0.338 e. The molecule has 23 heavy (non-hydrogen) atoms. The van der Waals surface area contributed by atoms with Gasteiger partial charge in [-0.05, 0) is 25.0 Å². The van der Waals surface area contributed by atoms with Gasteiger partial charge in [-0.15, -0.1) is 0 Å². The van der Waals surface area contributed by atoms with E-state index in [1.807, 2.05) is 6.07 Å². The molecule has 0 amide bonds. The Morgan fingerprint density at radius 1 is 1.26 bits per heavy atom. The third-order valence-electron chi connectivity index (χ3n) is 4.39. The van der Waals surface area contributed by atoms with Crippen molar-refractivity contribution in [3.8, 4) is 5.75 Å². The summed E-state index contributed by atoms with van der Waals surface area (Å²) in [5.41, 5.74) is 2.48. The number of hydrogen-bond donors (Lipinski definition) is 1. The Morgan fingerprint density at radius 3 is 2.83 bits per heavy atom. The standard InChI is InChI=1S/C17H14O6/c1-8-5-13(22-16(8)19)21-7-11-10-6-9-3-2-4-12(18)14(9)15(10)23-17(11)20/h2-5,7,10,13,15,18H,6H2,1H3/b11-7-. The van der Waals surface area contributed by atoms with Crippen LogP contribution < -0.4 is 0 Å². The van der Waals surface area contributed by atoms with Crippen LogP contribution in [0.2, 0.25) is 0 Å². The van der Waals surface area contributed by atoms with E-state index in [1.165, 1.54) is 6.26 Å². The smallest absolute Gasteiger partial charge is 0.338 e. The first kappa shape index (κ1) is 13.9. The van der Waals surface area contributed by atoms with Gasteiger partial charge in [-0.2, -0.15) is 0 Å². The minimum Gasteiger partial charge on any atom is -0.508 e. The van der Waals surface area contributed by atoms with Crippen LogP contribution in [0.4, 0.5) is 0 Å². The molecule has 2 heterocycles. The molecule has 1 fully saturated rings. The highest BCUT2D eigenvalue weighted by molar-refractivity contribution is 5.92. The Labute approximate surface area is 132 Å². The van der Waals surface area contributed by atoms with Gasteiger partial charge < -0.3 is 19.3 Å². The van der Waals surface area contributed by atoms with Gasteiger partial charge in [0.05, 0.1) is 11.8 Å². The van der Waals surface area contributed by atoms with Crippen molar-refractivity contribution in [1.82, 2.24) is 0 Å². The Kier molecular flexibility index (Phi) is 2.94. The maximum absolute atomic E-state index is 12.1. The first-order valence-electron chi connectivity index (χ1n) is 7.31. The molecule has 1 aliphatic carbocycles. The number of hydrogen-bond acceptors (Lipinski definition) is 6. The molecule has 118 valence electrons. The van der Waals surface area contributed by atoms with E-state index >= 15 is 0 Å². The molecule has 0 aromatic heterocycles. The fraction of sp³-hybridized carbons (Fsp3) is 0.294. The summed E-state index contributed by atoms with van der Waals surface area (Å²) < 4.78 is 15.8. The van der Waals surface area contributed by atoms with Gasteiger partial charge in [-0.1, -0.05) is 12.1 Å². The molecule has 6 heteroatoms. The summed E-state index contributed by atoms with van der Waals surface area (Å²) in [6.45, 7) is 1.63. The zero-order valence-corrected chi connectivity index (χ0v) is 12.3. The van der Waals surface area contributed by atoms with Gasteiger partial charge in [0.2, 0.25) is 0 Å². The fourth-order valence-corrected chi connectivity index (χ4v) is 3.25. The molecule has 3 unspecified atom stereocenters. The lowest BCUT2D eigenvalue weighted by Gasteiger charge is -2.10. The van der Waals surface area contributed by atoms with Gasteiger partial charge >= 0.3 is 11.9 Å². The van der Waals surface area contributed by atoms with Gasteiger partial charge in [-0.25, -0.2) is 9.59 Å². The van der Waals surface area contributed by atoms with Crippen molar-refractivity contribution in [3.05, 3.63) is 52.8 Å². The van der Waals surface area contributed by atoms with Gasteiger partial charge in [0, 0.05) is 23.1 Å². The number of carbonyl (C=O) groups excluding carboxylic acids is 2. The first-order valence-corrected chi connectivity index (χ1v) is 7.31. The van der Waals surface area contributed by atoms with Crippen LogP contribution in [0, 0.1) is 5.92 Å². The Balaban J connectivity index is 1.58. The SMILES string of the molecule is CC1=CC(O/C=C2\C(=O)OC3c4c(O)cccc4CC23)OC1=O. The van der Waals surface area contributed by atoms with Crippen LogP contribution in [0.5, 0.6) is 5.75 Å². The zero-order chi connectivity index (χ0) is 16.1. The molecule has 2 aliphatic heterocycles. The van der Waals surface area contributed by atoms with E-state index in [0.29, 0.717) is 23.1 Å². The molecule has 0 bridgehead atoms. The number of fused-ring (bicyclic) bond motifs is 3. The van der Waals surface area contributed by atoms with Crippen molar-refractivity contribution in [2.24, 2.45) is 5.92 Å². The lowest BCUT2D eigenvalue weighted by Crippen LogP contribution is -2.11. The predicted octanol–water partition coefficient (Wildman–Crippen LogP) is 1.89. The molecule has 0 radical (unpaired) electrons. The van der Waals surface area contributed by atoms with Gasteiger partial charge in [0.1, 0.15) is 11.9 Å². The van der Waals surface area contributed by atoms with Gasteiger partial charge in [-0.3, -0.25) is 0 Å². The van der Waals surface area contributed by atoms with Crippen LogP contribution >= 0.6 is 0 Å². The van der Waals surface area contributed by atoms with Crippen LogP contribution in [-0.4, -0.2) is 23.3 Å². The summed E-state index contributed by atoms with van der Waals surface area (Å²) in [5, 5.41) is 10.0.